The first-order valence-electron chi connectivity index (χ1n) is 12.7. The van der Waals surface area contributed by atoms with Gasteiger partial charge in [0.1, 0.15) is 17.3 Å². The molecule has 0 bridgehead atoms. The molecule has 7 heteroatoms. The number of carbonyl (C=O) groups is 2. The van der Waals surface area contributed by atoms with Crippen molar-refractivity contribution < 1.29 is 18.7 Å². The van der Waals surface area contributed by atoms with Gasteiger partial charge in [-0.05, 0) is 59.3 Å². The van der Waals surface area contributed by atoms with Gasteiger partial charge in [-0.15, -0.1) is 0 Å². The summed E-state index contributed by atoms with van der Waals surface area (Å²) in [5.41, 5.74) is 3.19. The first-order valence-corrected chi connectivity index (χ1v) is 13.1. The molecule has 1 aliphatic heterocycles. The van der Waals surface area contributed by atoms with E-state index >= 15 is 0 Å². The van der Waals surface area contributed by atoms with Gasteiger partial charge < -0.3 is 19.4 Å². The number of halogens is 1. The van der Waals surface area contributed by atoms with Gasteiger partial charge in [-0.1, -0.05) is 60.1 Å². The van der Waals surface area contributed by atoms with Crippen molar-refractivity contribution in [2.24, 2.45) is 0 Å². The molecule has 1 N–H and O–H groups in total. The minimum absolute atomic E-state index is 0.0192. The third kappa shape index (κ3) is 5.38. The highest BCUT2D eigenvalue weighted by Gasteiger charge is 2.26. The van der Waals surface area contributed by atoms with Gasteiger partial charge in [0.25, 0.3) is 11.8 Å². The molecule has 6 rings (SSSR count). The van der Waals surface area contributed by atoms with Crippen molar-refractivity contribution >= 4 is 39.9 Å². The predicted octanol–water partition coefficient (Wildman–Crippen LogP) is 6.97. The Balaban J connectivity index is 1.14. The van der Waals surface area contributed by atoms with Crippen molar-refractivity contribution in [1.82, 2.24) is 4.90 Å². The van der Waals surface area contributed by atoms with Crippen LogP contribution in [-0.4, -0.2) is 29.9 Å². The molecule has 0 atom stereocenters. The lowest BCUT2D eigenvalue weighted by Gasteiger charge is -2.26. The number of hydrogen-bond donors (Lipinski definition) is 1. The van der Waals surface area contributed by atoms with Crippen LogP contribution >= 0.6 is 11.6 Å². The molecule has 0 radical (unpaired) electrons. The van der Waals surface area contributed by atoms with E-state index in [2.05, 4.69) is 5.32 Å². The molecule has 6 nitrogen and oxygen atoms in total. The van der Waals surface area contributed by atoms with Crippen LogP contribution in [0, 0.1) is 0 Å². The third-order valence-electron chi connectivity index (χ3n) is 6.79. The van der Waals surface area contributed by atoms with E-state index < -0.39 is 0 Å². The molecule has 1 aliphatic rings. The number of nitrogens with one attached hydrogen (secondary N) is 1. The minimum Gasteiger partial charge on any atom is -0.484 e. The molecule has 0 saturated carbocycles. The second-order valence-electron chi connectivity index (χ2n) is 9.43. The number of rotatable bonds is 6. The van der Waals surface area contributed by atoms with Gasteiger partial charge in [0.15, 0.2) is 6.61 Å². The topological polar surface area (TPSA) is 71.8 Å². The fraction of sp³-hybridized carbons (Fsp3) is 0.125. The zero-order valence-corrected chi connectivity index (χ0v) is 21.8. The zero-order valence-electron chi connectivity index (χ0n) is 21.0. The van der Waals surface area contributed by atoms with E-state index in [1.807, 2.05) is 77.7 Å². The van der Waals surface area contributed by atoms with E-state index in [4.69, 9.17) is 20.8 Å². The standard InChI is InChI=1S/C32H25ClN2O4/c33-24-11-13-26(14-12-24)38-20-31(36)34-25-8-3-7-22(17-25)30-18-23-19-35(16-15-29(23)39-30)32(37)28-10-4-6-21-5-1-2-9-27(21)28/h1-14,17-18H,15-16,19-20H2,(H,34,36). The van der Waals surface area contributed by atoms with Crippen molar-refractivity contribution in [2.45, 2.75) is 13.0 Å². The summed E-state index contributed by atoms with van der Waals surface area (Å²) in [6, 6.07) is 30.1. The normalized spacial score (nSPS) is 12.7. The summed E-state index contributed by atoms with van der Waals surface area (Å²) < 4.78 is 11.7. The van der Waals surface area contributed by atoms with E-state index in [-0.39, 0.29) is 18.4 Å². The number of amides is 2. The molecule has 0 spiro atoms. The highest BCUT2D eigenvalue weighted by Crippen LogP contribution is 2.32. The molecular formula is C32H25ClN2O4. The molecule has 0 aliphatic carbocycles. The van der Waals surface area contributed by atoms with E-state index in [1.165, 1.54) is 0 Å². The lowest BCUT2D eigenvalue weighted by atomic mass is 10.0. The SMILES string of the molecule is O=C(COc1ccc(Cl)cc1)Nc1cccc(-c2cc3c(o2)CCN(C(=O)c2cccc4ccccc24)C3)c1. The molecule has 0 unspecified atom stereocenters. The maximum Gasteiger partial charge on any atom is 0.262 e. The van der Waals surface area contributed by atoms with Crippen LogP contribution in [0.2, 0.25) is 5.02 Å². The van der Waals surface area contributed by atoms with E-state index in [9.17, 15) is 9.59 Å². The quantitative estimate of drug-likeness (QED) is 0.254. The second-order valence-corrected chi connectivity index (χ2v) is 9.87. The minimum atomic E-state index is -0.275. The highest BCUT2D eigenvalue weighted by molar-refractivity contribution is 6.30. The van der Waals surface area contributed by atoms with E-state index in [0.717, 1.165) is 27.7 Å². The largest absolute Gasteiger partial charge is 0.484 e. The maximum absolute atomic E-state index is 13.4. The summed E-state index contributed by atoms with van der Waals surface area (Å²) in [5, 5.41) is 5.48. The first-order chi connectivity index (χ1) is 19.0. The van der Waals surface area contributed by atoms with Crippen LogP contribution in [0.4, 0.5) is 5.69 Å². The summed E-state index contributed by atoms with van der Waals surface area (Å²) in [7, 11) is 0. The molecule has 194 valence electrons. The smallest absolute Gasteiger partial charge is 0.262 e. The Morgan fingerprint density at radius 2 is 1.72 bits per heavy atom. The van der Waals surface area contributed by atoms with Gasteiger partial charge in [-0.2, -0.15) is 0 Å². The number of nitrogens with zero attached hydrogens (tertiary/aromatic N) is 1. The van der Waals surface area contributed by atoms with Crippen LogP contribution in [-0.2, 0) is 17.8 Å². The molecule has 2 heterocycles. The Kier molecular flexibility index (Phi) is 6.78. The average molecular weight is 537 g/mol. The molecule has 4 aromatic carbocycles. The Labute approximate surface area is 230 Å². The monoisotopic (exact) mass is 536 g/mol. The van der Waals surface area contributed by atoms with Crippen LogP contribution in [0.15, 0.2) is 101 Å². The zero-order chi connectivity index (χ0) is 26.8. The van der Waals surface area contributed by atoms with E-state index in [1.54, 1.807) is 24.3 Å². The van der Waals surface area contributed by atoms with Crippen LogP contribution in [0.1, 0.15) is 21.7 Å². The predicted molar refractivity (Wildman–Crippen MR) is 152 cm³/mol. The Bertz CT molecular complexity index is 1670. The fourth-order valence-electron chi connectivity index (χ4n) is 4.86. The van der Waals surface area contributed by atoms with Gasteiger partial charge >= 0.3 is 0 Å². The van der Waals surface area contributed by atoms with Gasteiger partial charge in [0, 0.05) is 46.9 Å². The second kappa shape index (κ2) is 10.7. The Morgan fingerprint density at radius 3 is 2.59 bits per heavy atom. The number of furan rings is 1. The molecule has 2 amide bonds. The third-order valence-corrected chi connectivity index (χ3v) is 7.04. The average Bonchev–Trinajstić information content (AvgIpc) is 3.40. The number of carbonyl (C=O) groups excluding carboxylic acids is 2. The van der Waals surface area contributed by atoms with Gasteiger partial charge in [-0.3, -0.25) is 9.59 Å². The molecular weight excluding hydrogens is 512 g/mol. The molecule has 5 aromatic rings. The van der Waals surface area contributed by atoms with Gasteiger partial charge in [0.2, 0.25) is 0 Å². The lowest BCUT2D eigenvalue weighted by Crippen LogP contribution is -2.35. The summed E-state index contributed by atoms with van der Waals surface area (Å²) in [4.78, 5) is 27.8. The van der Waals surface area contributed by atoms with Crippen LogP contribution in [0.25, 0.3) is 22.1 Å². The number of hydrogen-bond acceptors (Lipinski definition) is 4. The summed E-state index contributed by atoms with van der Waals surface area (Å²) in [6.07, 6.45) is 0.643. The molecule has 0 fully saturated rings. The van der Waals surface area contributed by atoms with Crippen molar-refractivity contribution in [1.29, 1.82) is 0 Å². The highest BCUT2D eigenvalue weighted by atomic mass is 35.5. The molecule has 1 aromatic heterocycles. The Hall–Kier alpha value is -4.55. The summed E-state index contributed by atoms with van der Waals surface area (Å²) in [6.45, 7) is 0.951. The van der Waals surface area contributed by atoms with Crippen molar-refractivity contribution in [3.05, 3.63) is 119 Å². The first kappa shape index (κ1) is 24.8. The van der Waals surface area contributed by atoms with Crippen LogP contribution in [0.3, 0.4) is 0 Å². The number of fused-ring (bicyclic) bond motifs is 2. The molecule has 39 heavy (non-hydrogen) atoms. The number of anilines is 1. The van der Waals surface area contributed by atoms with Crippen molar-refractivity contribution in [3.8, 4) is 17.1 Å². The van der Waals surface area contributed by atoms with Crippen LogP contribution < -0.4 is 10.1 Å². The van der Waals surface area contributed by atoms with Crippen LogP contribution in [0.5, 0.6) is 5.75 Å². The fourth-order valence-corrected chi connectivity index (χ4v) is 4.98. The Morgan fingerprint density at radius 1 is 0.923 bits per heavy atom. The summed E-state index contributed by atoms with van der Waals surface area (Å²) in [5.74, 6) is 1.90. The lowest BCUT2D eigenvalue weighted by molar-refractivity contribution is -0.118. The van der Waals surface area contributed by atoms with Gasteiger partial charge in [0.05, 0.1) is 0 Å². The van der Waals surface area contributed by atoms with Crippen molar-refractivity contribution in [2.75, 3.05) is 18.5 Å². The van der Waals surface area contributed by atoms with Crippen molar-refractivity contribution in [3.63, 3.8) is 0 Å². The number of ether oxygens (including phenoxy) is 1. The van der Waals surface area contributed by atoms with Gasteiger partial charge in [-0.25, -0.2) is 0 Å². The van der Waals surface area contributed by atoms with E-state index in [0.29, 0.717) is 47.3 Å². The maximum atomic E-state index is 13.4. The number of benzene rings is 4. The molecule has 0 saturated heterocycles. The summed E-state index contributed by atoms with van der Waals surface area (Å²) >= 11 is 5.89.